The number of rotatable bonds is 17. The normalized spacial score (nSPS) is 18.9. The number of carbonyl (C=O) groups excluding carboxylic acids is 5. The van der Waals surface area contributed by atoms with Crippen LogP contribution in [0.1, 0.15) is 92.6 Å². The summed E-state index contributed by atoms with van der Waals surface area (Å²) in [6.07, 6.45) is 9.23. The van der Waals surface area contributed by atoms with E-state index in [1.54, 1.807) is 11.0 Å². The van der Waals surface area contributed by atoms with Gasteiger partial charge in [0.1, 0.15) is 35.4 Å². The Balaban J connectivity index is 0.669. The highest BCUT2D eigenvalue weighted by molar-refractivity contribution is 6.06. The van der Waals surface area contributed by atoms with Crippen molar-refractivity contribution in [1.29, 1.82) is 0 Å². The number of unbranched alkanes of at least 4 members (excludes halogenated alkanes) is 3. The number of nitrogens with one attached hydrogen (secondary N) is 2. The molecular formula is C50H59N11O6. The second-order valence-electron chi connectivity index (χ2n) is 18.0. The van der Waals surface area contributed by atoms with E-state index in [-0.39, 0.29) is 36.1 Å². The average Bonchev–Trinajstić information content (AvgIpc) is 3.91. The number of piperidine rings is 2. The number of para-hydroxylation sites is 1. The van der Waals surface area contributed by atoms with Crippen LogP contribution in [0.2, 0.25) is 0 Å². The molecule has 4 aliphatic rings. The van der Waals surface area contributed by atoms with Crippen molar-refractivity contribution in [3.8, 4) is 22.8 Å². The third kappa shape index (κ3) is 10.4. The molecule has 0 spiro atoms. The molecule has 67 heavy (non-hydrogen) atoms. The van der Waals surface area contributed by atoms with Gasteiger partial charge in [-0.05, 0) is 93.6 Å². The number of anilines is 2. The van der Waals surface area contributed by atoms with Crippen molar-refractivity contribution >= 4 is 52.1 Å². The maximum Gasteiger partial charge on any atom is 0.255 e. The first-order chi connectivity index (χ1) is 32.7. The molecule has 4 N–H and O–H groups in total. The number of fused-ring (bicyclic) bond motifs is 2. The van der Waals surface area contributed by atoms with Gasteiger partial charge in [0, 0.05) is 94.0 Å². The third-order valence-electron chi connectivity index (χ3n) is 13.5. The number of nitrogen functional groups attached to an aromatic ring is 1. The van der Waals surface area contributed by atoms with Crippen molar-refractivity contribution in [1.82, 2.24) is 44.7 Å². The van der Waals surface area contributed by atoms with Crippen LogP contribution in [0.5, 0.6) is 11.5 Å². The molecule has 0 aliphatic carbocycles. The highest BCUT2D eigenvalue weighted by atomic mass is 16.5. The molecule has 3 aromatic carbocycles. The number of amides is 5. The van der Waals surface area contributed by atoms with E-state index in [4.69, 9.17) is 15.6 Å². The number of piperazine rings is 1. The van der Waals surface area contributed by atoms with Crippen LogP contribution >= 0.6 is 0 Å². The summed E-state index contributed by atoms with van der Waals surface area (Å²) in [5, 5.41) is 11.6. The van der Waals surface area contributed by atoms with Crippen molar-refractivity contribution in [3.05, 3.63) is 90.3 Å². The number of likely N-dealkylation sites (tertiary alicyclic amines) is 1. The Bertz CT molecular complexity index is 2590. The number of hydrogen-bond acceptors (Lipinski definition) is 12. The first-order valence-electron chi connectivity index (χ1n) is 23.8. The molecule has 0 saturated carbocycles. The minimum atomic E-state index is -0.635. The third-order valence-corrected chi connectivity index (χ3v) is 13.5. The number of carbonyl (C=O) groups is 5. The first-order valence-corrected chi connectivity index (χ1v) is 23.8. The van der Waals surface area contributed by atoms with Crippen molar-refractivity contribution < 1.29 is 28.7 Å². The van der Waals surface area contributed by atoms with Gasteiger partial charge in [-0.15, -0.1) is 0 Å². The molecule has 4 aliphatic heterocycles. The molecule has 2 atom stereocenters. The second kappa shape index (κ2) is 20.7. The van der Waals surface area contributed by atoms with Gasteiger partial charge in [0.15, 0.2) is 5.65 Å². The number of nitrogens with two attached hydrogens (primary N) is 1. The van der Waals surface area contributed by atoms with Gasteiger partial charge in [-0.2, -0.15) is 5.10 Å². The Kier molecular flexibility index (Phi) is 14.0. The van der Waals surface area contributed by atoms with Gasteiger partial charge < -0.3 is 30.5 Å². The van der Waals surface area contributed by atoms with E-state index in [0.29, 0.717) is 85.8 Å². The van der Waals surface area contributed by atoms with E-state index in [1.807, 2.05) is 81.2 Å². The molecule has 9 rings (SSSR count). The molecule has 5 amide bonds. The summed E-state index contributed by atoms with van der Waals surface area (Å²) in [5.74, 6) is 1.29. The monoisotopic (exact) mass is 909 g/mol. The minimum absolute atomic E-state index is 0.0515. The minimum Gasteiger partial charge on any atom is -0.457 e. The van der Waals surface area contributed by atoms with Crippen LogP contribution < -0.4 is 21.1 Å². The highest BCUT2D eigenvalue weighted by Gasteiger charge is 2.40. The van der Waals surface area contributed by atoms with Crippen molar-refractivity contribution in [3.63, 3.8) is 0 Å². The topological polar surface area (TPSA) is 201 Å². The molecular weight excluding hydrogens is 851 g/mol. The Morgan fingerprint density at radius 2 is 1.55 bits per heavy atom. The van der Waals surface area contributed by atoms with Crippen molar-refractivity contribution in [2.45, 2.75) is 89.3 Å². The molecule has 350 valence electrons. The van der Waals surface area contributed by atoms with E-state index in [0.717, 1.165) is 93.7 Å². The fourth-order valence-corrected chi connectivity index (χ4v) is 9.86. The van der Waals surface area contributed by atoms with Gasteiger partial charge in [-0.1, -0.05) is 37.1 Å². The molecule has 2 aromatic heterocycles. The number of nitrogens with zero attached hydrogens (tertiary/aromatic N) is 8. The van der Waals surface area contributed by atoms with Crippen LogP contribution in [-0.4, -0.2) is 127 Å². The maximum atomic E-state index is 13.6. The summed E-state index contributed by atoms with van der Waals surface area (Å²) < 4.78 is 7.93. The lowest BCUT2D eigenvalue weighted by molar-refractivity contribution is -0.137. The van der Waals surface area contributed by atoms with Crippen LogP contribution in [0.15, 0.2) is 79.1 Å². The smallest absolute Gasteiger partial charge is 0.255 e. The average molecular weight is 910 g/mol. The van der Waals surface area contributed by atoms with E-state index in [2.05, 4.69) is 25.5 Å². The van der Waals surface area contributed by atoms with Gasteiger partial charge in [-0.25, -0.2) is 14.6 Å². The standard InChI is InChI=1S/C50H59N11O6/c51-47-45-46(34-18-20-37(21-19-34)67-36-12-4-3-5-13-36)56-61(48(45)54-33-53-47)35-11-9-26-59(31-35)44(64)17-10-25-57-27-29-58(30-28-57)43(63)16-6-1-2-7-24-52-40-15-8-14-38-39(40)32-60(50(38)66)41-22-23-42(62)55-49(41)65/h3-5,8,12-15,18-21,33,35,41,52H,1-2,6-7,9-11,16-17,22-32H2,(H2,51,53,54)(H,55,62,65). The van der Waals surface area contributed by atoms with Gasteiger partial charge in [0.05, 0.1) is 11.4 Å². The molecule has 5 aromatic rings. The number of imide groups is 1. The lowest BCUT2D eigenvalue weighted by Gasteiger charge is -2.35. The van der Waals surface area contributed by atoms with Crippen LogP contribution in [-0.2, 0) is 25.7 Å². The van der Waals surface area contributed by atoms with E-state index >= 15 is 0 Å². The van der Waals surface area contributed by atoms with Crippen LogP contribution in [0.25, 0.3) is 22.3 Å². The molecule has 0 bridgehead atoms. The Hall–Kier alpha value is -6.88. The second-order valence-corrected chi connectivity index (χ2v) is 18.0. The SMILES string of the molecule is Nc1ncnc2c1c(-c1ccc(Oc3ccccc3)cc1)nn2C1CCCN(C(=O)CCCN2CCN(C(=O)CCCCCCNc3cccc4c3CN(C3CCC(=O)NC3=O)C4=O)CC2)C1. The largest absolute Gasteiger partial charge is 0.457 e. The van der Waals surface area contributed by atoms with E-state index < -0.39 is 11.9 Å². The van der Waals surface area contributed by atoms with Gasteiger partial charge in [-0.3, -0.25) is 34.2 Å². The predicted octanol–water partition coefficient (Wildman–Crippen LogP) is 5.78. The fraction of sp³-hybridized carbons (Fsp3) is 0.440. The maximum absolute atomic E-state index is 13.6. The summed E-state index contributed by atoms with van der Waals surface area (Å²) in [7, 11) is 0. The first kappa shape index (κ1) is 45.3. The molecule has 2 unspecified atom stereocenters. The Morgan fingerprint density at radius 1 is 0.791 bits per heavy atom. The summed E-state index contributed by atoms with van der Waals surface area (Å²) in [6, 6.07) is 22.3. The molecule has 3 saturated heterocycles. The lowest BCUT2D eigenvalue weighted by atomic mass is 10.0. The molecule has 0 radical (unpaired) electrons. The fourth-order valence-electron chi connectivity index (χ4n) is 9.86. The van der Waals surface area contributed by atoms with Gasteiger partial charge in [0.2, 0.25) is 23.6 Å². The van der Waals surface area contributed by atoms with Crippen LogP contribution in [0.4, 0.5) is 11.5 Å². The van der Waals surface area contributed by atoms with Crippen LogP contribution in [0.3, 0.4) is 0 Å². The lowest BCUT2D eigenvalue weighted by Crippen LogP contribution is -2.52. The molecule has 17 nitrogen and oxygen atoms in total. The number of hydrogen-bond donors (Lipinski definition) is 3. The predicted molar refractivity (Wildman–Crippen MR) is 253 cm³/mol. The van der Waals surface area contributed by atoms with E-state index in [1.165, 1.54) is 6.33 Å². The number of aromatic nitrogens is 4. The van der Waals surface area contributed by atoms with E-state index in [9.17, 15) is 24.0 Å². The van der Waals surface area contributed by atoms with Crippen molar-refractivity contribution in [2.75, 3.05) is 63.4 Å². The summed E-state index contributed by atoms with van der Waals surface area (Å²) in [6.45, 7) is 6.18. The zero-order valence-electron chi connectivity index (χ0n) is 37.9. The highest BCUT2D eigenvalue weighted by Crippen LogP contribution is 2.36. The molecule has 3 fully saturated rings. The zero-order chi connectivity index (χ0) is 46.3. The Morgan fingerprint density at radius 3 is 2.36 bits per heavy atom. The summed E-state index contributed by atoms with van der Waals surface area (Å²) >= 11 is 0. The van der Waals surface area contributed by atoms with Crippen LogP contribution in [0, 0.1) is 0 Å². The zero-order valence-corrected chi connectivity index (χ0v) is 37.9. The molecule has 17 heteroatoms. The number of ether oxygens (including phenoxy) is 1. The quantitative estimate of drug-likeness (QED) is 0.0752. The summed E-state index contributed by atoms with van der Waals surface area (Å²) in [5.41, 5.74) is 11.0. The molecule has 6 heterocycles. The van der Waals surface area contributed by atoms with Crippen molar-refractivity contribution in [2.24, 2.45) is 0 Å². The van der Waals surface area contributed by atoms with Gasteiger partial charge >= 0.3 is 0 Å². The summed E-state index contributed by atoms with van der Waals surface area (Å²) in [4.78, 5) is 80.6. The van der Waals surface area contributed by atoms with Gasteiger partial charge in [0.25, 0.3) is 5.91 Å². The number of benzene rings is 3. The Labute approximate surface area is 390 Å².